The Kier molecular flexibility index (Phi) is 3.03. The van der Waals surface area contributed by atoms with E-state index < -0.39 is 16.6 Å². The van der Waals surface area contributed by atoms with Crippen molar-refractivity contribution in [3.8, 4) is 0 Å². The third-order valence-corrected chi connectivity index (χ3v) is 3.88. The van der Waals surface area contributed by atoms with Gasteiger partial charge in [-0.25, -0.2) is 0 Å². The number of carboxylic acid groups (broad SMARTS) is 1. The molecule has 15 heavy (non-hydrogen) atoms. The van der Waals surface area contributed by atoms with E-state index in [4.69, 9.17) is 16.7 Å². The third-order valence-electron chi connectivity index (χ3n) is 2.20. The number of carbonyl (C=O) groups is 1. The molecule has 0 fully saturated rings. The number of hydrogen-bond donors (Lipinski definition) is 1. The molecule has 0 aromatic heterocycles. The quantitative estimate of drug-likeness (QED) is 0.808. The summed E-state index contributed by atoms with van der Waals surface area (Å²) in [6, 6.07) is 9.68. The van der Waals surface area contributed by atoms with E-state index >= 15 is 0 Å². The van der Waals surface area contributed by atoms with Gasteiger partial charge in [0.05, 0.1) is 0 Å². The van der Waals surface area contributed by atoms with Crippen LogP contribution in [-0.2, 0) is 4.79 Å². The van der Waals surface area contributed by atoms with E-state index in [9.17, 15) is 4.79 Å². The minimum Gasteiger partial charge on any atom is -0.481 e. The molecule has 0 radical (unpaired) electrons. The number of carboxylic acids is 1. The molecule has 1 aliphatic rings. The van der Waals surface area contributed by atoms with Gasteiger partial charge in [-0.2, -0.15) is 0 Å². The van der Waals surface area contributed by atoms with E-state index in [1.807, 2.05) is 30.3 Å². The molecule has 0 saturated carbocycles. The lowest BCUT2D eigenvalue weighted by molar-refractivity contribution is -0.139. The van der Waals surface area contributed by atoms with Crippen molar-refractivity contribution >= 4 is 34.2 Å². The molecule has 0 spiro atoms. The number of rotatable bonds is 2. The van der Waals surface area contributed by atoms with E-state index in [0.29, 0.717) is 0 Å². The summed E-state index contributed by atoms with van der Waals surface area (Å²) in [6.45, 7) is 0. The highest BCUT2D eigenvalue weighted by Gasteiger charge is 2.32. The maximum absolute atomic E-state index is 10.8. The highest BCUT2D eigenvalue weighted by Crippen LogP contribution is 2.44. The normalized spacial score (nSPS) is 25.0. The predicted octanol–water partition coefficient (Wildman–Crippen LogP) is 3.04. The lowest BCUT2D eigenvalue weighted by Gasteiger charge is -2.05. The summed E-state index contributed by atoms with van der Waals surface area (Å²) in [6.07, 6.45) is 1.72. The Morgan fingerprint density at radius 3 is 2.53 bits per heavy atom. The fraction of sp³-hybridized carbons (Fsp3) is 0.182. The van der Waals surface area contributed by atoms with Crippen LogP contribution in [0.2, 0.25) is 0 Å². The molecule has 0 aliphatic carbocycles. The molecule has 1 heterocycles. The van der Waals surface area contributed by atoms with Crippen molar-refractivity contribution in [2.45, 2.75) is 4.71 Å². The molecule has 1 aliphatic heterocycles. The van der Waals surface area contributed by atoms with Gasteiger partial charge in [-0.1, -0.05) is 36.4 Å². The second kappa shape index (κ2) is 4.29. The summed E-state index contributed by atoms with van der Waals surface area (Å²) in [5.74, 6) is -1.46. The largest absolute Gasteiger partial charge is 0.481 e. The van der Waals surface area contributed by atoms with E-state index in [1.165, 1.54) is 11.8 Å². The van der Waals surface area contributed by atoms with Crippen LogP contribution < -0.4 is 0 Å². The van der Waals surface area contributed by atoms with Crippen LogP contribution in [-0.4, -0.2) is 15.8 Å². The first kappa shape index (κ1) is 10.6. The minimum absolute atomic E-state index is 0.405. The van der Waals surface area contributed by atoms with Crippen LogP contribution in [0, 0.1) is 5.92 Å². The Morgan fingerprint density at radius 2 is 2.00 bits per heavy atom. The number of thioether (sulfide) groups is 1. The molecule has 2 nitrogen and oxygen atoms in total. The van der Waals surface area contributed by atoms with Gasteiger partial charge < -0.3 is 5.11 Å². The lowest BCUT2D eigenvalue weighted by Crippen LogP contribution is -2.15. The number of alkyl halides is 1. The molecule has 1 aromatic rings. The van der Waals surface area contributed by atoms with Gasteiger partial charge in [0.25, 0.3) is 0 Å². The number of halogens is 1. The van der Waals surface area contributed by atoms with Crippen LogP contribution in [0.3, 0.4) is 0 Å². The Balaban J connectivity index is 2.27. The van der Waals surface area contributed by atoms with Gasteiger partial charge in [0.1, 0.15) is 10.6 Å². The van der Waals surface area contributed by atoms with E-state index in [-0.39, 0.29) is 0 Å². The zero-order valence-corrected chi connectivity index (χ0v) is 9.33. The number of benzene rings is 1. The molecular weight excluding hydrogens is 232 g/mol. The van der Waals surface area contributed by atoms with Gasteiger partial charge in [0.2, 0.25) is 0 Å². The van der Waals surface area contributed by atoms with Gasteiger partial charge in [-0.15, -0.1) is 23.4 Å². The molecule has 0 bridgehead atoms. The fourth-order valence-electron chi connectivity index (χ4n) is 1.42. The van der Waals surface area contributed by atoms with E-state index in [1.54, 1.807) is 6.08 Å². The van der Waals surface area contributed by atoms with Crippen molar-refractivity contribution in [1.29, 1.82) is 0 Å². The summed E-state index contributed by atoms with van der Waals surface area (Å²) in [4.78, 5) is 11.8. The Morgan fingerprint density at radius 1 is 1.33 bits per heavy atom. The van der Waals surface area contributed by atoms with Crippen LogP contribution in [0.1, 0.15) is 5.56 Å². The standard InChI is InChI=1S/C11H9ClO2S/c12-10-8(11(13)14)6-9(15-10)7-4-2-1-3-5-7/h1-6,8,10H,(H,13,14). The smallest absolute Gasteiger partial charge is 0.312 e. The monoisotopic (exact) mass is 240 g/mol. The van der Waals surface area contributed by atoms with Crippen LogP contribution in [0.4, 0.5) is 0 Å². The molecule has 1 aromatic carbocycles. The van der Waals surface area contributed by atoms with Crippen LogP contribution in [0.25, 0.3) is 4.91 Å². The summed E-state index contributed by atoms with van der Waals surface area (Å²) in [5, 5.41) is 8.91. The first-order valence-corrected chi connectivity index (χ1v) is 5.81. The zero-order valence-electron chi connectivity index (χ0n) is 7.76. The molecule has 4 heteroatoms. The number of hydrogen-bond acceptors (Lipinski definition) is 2. The average Bonchev–Trinajstić information content (AvgIpc) is 2.62. The highest BCUT2D eigenvalue weighted by atomic mass is 35.5. The summed E-state index contributed by atoms with van der Waals surface area (Å²) in [5.41, 5.74) is 1.02. The molecule has 78 valence electrons. The molecule has 0 amide bonds. The van der Waals surface area contributed by atoms with Crippen molar-refractivity contribution in [1.82, 2.24) is 0 Å². The molecule has 0 saturated heterocycles. The Hall–Kier alpha value is -0.930. The third kappa shape index (κ3) is 2.19. The maximum Gasteiger partial charge on any atom is 0.312 e. The van der Waals surface area contributed by atoms with Crippen molar-refractivity contribution in [3.05, 3.63) is 42.0 Å². The second-order valence-electron chi connectivity index (χ2n) is 3.23. The van der Waals surface area contributed by atoms with Gasteiger partial charge in [0, 0.05) is 4.91 Å². The summed E-state index contributed by atoms with van der Waals surface area (Å²) >= 11 is 7.35. The van der Waals surface area contributed by atoms with Crippen LogP contribution >= 0.6 is 23.4 Å². The predicted molar refractivity (Wildman–Crippen MR) is 62.8 cm³/mol. The zero-order chi connectivity index (χ0) is 10.8. The summed E-state index contributed by atoms with van der Waals surface area (Å²) in [7, 11) is 0. The van der Waals surface area contributed by atoms with Gasteiger partial charge in [-0.3, -0.25) is 4.79 Å². The Bertz CT molecular complexity index is 402. The molecule has 2 unspecified atom stereocenters. The molecule has 1 N–H and O–H groups in total. The SMILES string of the molecule is O=C(O)C1C=C(c2ccccc2)SC1Cl. The van der Waals surface area contributed by atoms with Crippen molar-refractivity contribution in [3.63, 3.8) is 0 Å². The second-order valence-corrected chi connectivity index (χ2v) is 5.14. The highest BCUT2D eigenvalue weighted by molar-refractivity contribution is 8.10. The minimum atomic E-state index is -0.867. The average molecular weight is 241 g/mol. The van der Waals surface area contributed by atoms with Crippen molar-refractivity contribution < 1.29 is 9.90 Å². The lowest BCUT2D eigenvalue weighted by atomic mass is 10.1. The van der Waals surface area contributed by atoms with Gasteiger partial charge in [0.15, 0.2) is 0 Å². The van der Waals surface area contributed by atoms with E-state index in [2.05, 4.69) is 0 Å². The number of aliphatic carboxylic acids is 1. The first-order chi connectivity index (χ1) is 7.18. The fourth-order valence-corrected chi connectivity index (χ4v) is 2.97. The molecular formula is C11H9ClO2S. The van der Waals surface area contributed by atoms with Gasteiger partial charge in [-0.05, 0) is 5.56 Å². The topological polar surface area (TPSA) is 37.3 Å². The van der Waals surface area contributed by atoms with E-state index in [0.717, 1.165) is 10.5 Å². The summed E-state index contributed by atoms with van der Waals surface area (Å²) < 4.78 is -0.405. The first-order valence-electron chi connectivity index (χ1n) is 4.49. The van der Waals surface area contributed by atoms with Crippen molar-refractivity contribution in [2.24, 2.45) is 5.92 Å². The molecule has 2 atom stereocenters. The molecule has 2 rings (SSSR count). The van der Waals surface area contributed by atoms with Crippen LogP contribution in [0.5, 0.6) is 0 Å². The maximum atomic E-state index is 10.8. The van der Waals surface area contributed by atoms with Crippen LogP contribution in [0.15, 0.2) is 36.4 Å². The van der Waals surface area contributed by atoms with Crippen molar-refractivity contribution in [2.75, 3.05) is 0 Å². The Labute approximate surface area is 96.9 Å². The van der Waals surface area contributed by atoms with Gasteiger partial charge >= 0.3 is 5.97 Å².